The lowest BCUT2D eigenvalue weighted by atomic mass is 10.1. The molecule has 4 nitrogen and oxygen atoms in total. The zero-order valence-corrected chi connectivity index (χ0v) is 13.4. The predicted molar refractivity (Wildman–Crippen MR) is 85.3 cm³/mol. The molecule has 1 amide bonds. The number of hydrogen-bond donors (Lipinski definition) is 1. The van der Waals surface area contributed by atoms with Gasteiger partial charge in [0.15, 0.2) is 6.10 Å². The Labute approximate surface area is 142 Å². The summed E-state index contributed by atoms with van der Waals surface area (Å²) in [7, 11) is 0. The van der Waals surface area contributed by atoms with Crippen LogP contribution in [0.25, 0.3) is 0 Å². The molecule has 2 aromatic carbocycles. The van der Waals surface area contributed by atoms with Crippen molar-refractivity contribution in [2.24, 2.45) is 0 Å². The van der Waals surface area contributed by atoms with E-state index in [2.05, 4.69) is 0 Å². The van der Waals surface area contributed by atoms with E-state index in [0.717, 1.165) is 18.2 Å². The standard InChI is InChI=1S/C18H16F3NO3/c1-11(18(24)22-17-14(20)7-4-8-15(17)21)25-16(23)10-9-12-5-2-3-6-13(12)19/h2-8,11H,9-10H2,1H3,(H,22,24)/t11-/m1/s1. The Morgan fingerprint density at radius 1 is 1.00 bits per heavy atom. The number of ether oxygens (including phenoxy) is 1. The summed E-state index contributed by atoms with van der Waals surface area (Å²) in [5, 5.41) is 2.04. The monoisotopic (exact) mass is 351 g/mol. The molecule has 0 aliphatic heterocycles. The molecule has 0 heterocycles. The largest absolute Gasteiger partial charge is 0.453 e. The van der Waals surface area contributed by atoms with Gasteiger partial charge < -0.3 is 10.1 Å². The van der Waals surface area contributed by atoms with E-state index in [-0.39, 0.29) is 12.8 Å². The number of carbonyl (C=O) groups is 2. The third-order valence-electron chi connectivity index (χ3n) is 3.44. The van der Waals surface area contributed by atoms with Crippen molar-refractivity contribution < 1.29 is 27.5 Å². The van der Waals surface area contributed by atoms with Crippen LogP contribution in [0.2, 0.25) is 0 Å². The second-order valence-electron chi connectivity index (χ2n) is 5.31. The van der Waals surface area contributed by atoms with E-state index >= 15 is 0 Å². The van der Waals surface area contributed by atoms with Crippen LogP contribution in [0.4, 0.5) is 18.9 Å². The Balaban J connectivity index is 1.88. The normalized spacial score (nSPS) is 11.7. The fourth-order valence-corrected chi connectivity index (χ4v) is 2.09. The van der Waals surface area contributed by atoms with Crippen molar-refractivity contribution in [2.75, 3.05) is 5.32 Å². The van der Waals surface area contributed by atoms with Gasteiger partial charge in [0, 0.05) is 6.42 Å². The molecule has 7 heteroatoms. The van der Waals surface area contributed by atoms with Gasteiger partial charge in [-0.1, -0.05) is 24.3 Å². The molecular formula is C18H16F3NO3. The van der Waals surface area contributed by atoms with Gasteiger partial charge in [-0.2, -0.15) is 0 Å². The molecule has 0 spiro atoms. The molecule has 25 heavy (non-hydrogen) atoms. The Morgan fingerprint density at radius 2 is 1.60 bits per heavy atom. The average molecular weight is 351 g/mol. The minimum Gasteiger partial charge on any atom is -0.453 e. The molecule has 1 N–H and O–H groups in total. The van der Waals surface area contributed by atoms with E-state index in [0.29, 0.717) is 5.56 Å². The van der Waals surface area contributed by atoms with Crippen molar-refractivity contribution in [1.29, 1.82) is 0 Å². The second kappa shape index (κ2) is 8.32. The first-order chi connectivity index (χ1) is 11.9. The van der Waals surface area contributed by atoms with Crippen molar-refractivity contribution in [1.82, 2.24) is 0 Å². The number of halogens is 3. The third-order valence-corrected chi connectivity index (χ3v) is 3.44. The molecule has 0 unspecified atom stereocenters. The summed E-state index contributed by atoms with van der Waals surface area (Å²) in [6, 6.07) is 9.13. The topological polar surface area (TPSA) is 55.4 Å². The minimum atomic E-state index is -1.26. The highest BCUT2D eigenvalue weighted by atomic mass is 19.1. The third kappa shape index (κ3) is 5.07. The molecule has 1 atom stereocenters. The number of para-hydroxylation sites is 1. The Hall–Kier alpha value is -2.83. The second-order valence-corrected chi connectivity index (χ2v) is 5.31. The van der Waals surface area contributed by atoms with Gasteiger partial charge in [-0.3, -0.25) is 9.59 Å². The van der Waals surface area contributed by atoms with Gasteiger partial charge in [-0.05, 0) is 37.1 Å². The van der Waals surface area contributed by atoms with Crippen LogP contribution in [0.5, 0.6) is 0 Å². The van der Waals surface area contributed by atoms with Crippen LogP contribution in [-0.4, -0.2) is 18.0 Å². The van der Waals surface area contributed by atoms with Gasteiger partial charge in [-0.15, -0.1) is 0 Å². The van der Waals surface area contributed by atoms with E-state index in [9.17, 15) is 22.8 Å². The van der Waals surface area contributed by atoms with Crippen LogP contribution in [0.1, 0.15) is 18.9 Å². The molecule has 0 saturated heterocycles. The van der Waals surface area contributed by atoms with Crippen LogP contribution in [-0.2, 0) is 20.7 Å². The summed E-state index contributed by atoms with van der Waals surface area (Å²) in [5.74, 6) is -3.91. The molecule has 0 radical (unpaired) electrons. The summed E-state index contributed by atoms with van der Waals surface area (Å²) < 4.78 is 45.3. The van der Waals surface area contributed by atoms with Gasteiger partial charge in [0.2, 0.25) is 0 Å². The summed E-state index contributed by atoms with van der Waals surface area (Å²) in [4.78, 5) is 23.7. The van der Waals surface area contributed by atoms with Crippen molar-refractivity contribution in [3.63, 3.8) is 0 Å². The molecule has 0 aliphatic carbocycles. The average Bonchev–Trinajstić information content (AvgIpc) is 2.57. The van der Waals surface area contributed by atoms with Crippen molar-refractivity contribution in [3.8, 4) is 0 Å². The fourth-order valence-electron chi connectivity index (χ4n) is 2.09. The number of rotatable bonds is 6. The van der Waals surface area contributed by atoms with Crippen molar-refractivity contribution in [3.05, 3.63) is 65.5 Å². The molecular weight excluding hydrogens is 335 g/mol. The first-order valence-electron chi connectivity index (χ1n) is 7.56. The highest BCUT2D eigenvalue weighted by Gasteiger charge is 2.20. The zero-order valence-electron chi connectivity index (χ0n) is 13.4. The summed E-state index contributed by atoms with van der Waals surface area (Å²) in [5.41, 5.74) is -0.258. The number of aryl methyl sites for hydroxylation is 1. The van der Waals surface area contributed by atoms with Gasteiger partial charge in [0.05, 0.1) is 0 Å². The van der Waals surface area contributed by atoms with Crippen LogP contribution in [0, 0.1) is 17.5 Å². The number of hydrogen-bond acceptors (Lipinski definition) is 3. The first-order valence-corrected chi connectivity index (χ1v) is 7.56. The van der Waals surface area contributed by atoms with Gasteiger partial charge in [0.1, 0.15) is 23.1 Å². The predicted octanol–water partition coefficient (Wildman–Crippen LogP) is 3.61. The van der Waals surface area contributed by atoms with Crippen molar-refractivity contribution in [2.45, 2.75) is 25.9 Å². The van der Waals surface area contributed by atoms with Gasteiger partial charge in [0.25, 0.3) is 5.91 Å². The molecule has 0 aliphatic rings. The lowest BCUT2D eigenvalue weighted by Gasteiger charge is -2.14. The minimum absolute atomic E-state index is 0.113. The van der Waals surface area contributed by atoms with Gasteiger partial charge in [-0.25, -0.2) is 13.2 Å². The van der Waals surface area contributed by atoms with E-state index in [4.69, 9.17) is 4.74 Å². The SMILES string of the molecule is C[C@@H](OC(=O)CCc1ccccc1F)C(=O)Nc1c(F)cccc1F. The molecule has 2 aromatic rings. The maximum absolute atomic E-state index is 13.5. The van der Waals surface area contributed by atoms with E-state index in [1.54, 1.807) is 12.1 Å². The van der Waals surface area contributed by atoms with Crippen LogP contribution >= 0.6 is 0 Å². The van der Waals surface area contributed by atoms with E-state index < -0.39 is 41.1 Å². The number of amides is 1. The molecule has 132 valence electrons. The fraction of sp³-hybridized carbons (Fsp3) is 0.222. The first kappa shape index (κ1) is 18.5. The van der Waals surface area contributed by atoms with Crippen LogP contribution in [0.15, 0.2) is 42.5 Å². The highest BCUT2D eigenvalue weighted by Crippen LogP contribution is 2.18. The number of anilines is 1. The number of esters is 1. The van der Waals surface area contributed by atoms with E-state index in [1.807, 2.05) is 5.32 Å². The Morgan fingerprint density at radius 3 is 2.24 bits per heavy atom. The Kier molecular flexibility index (Phi) is 6.16. The van der Waals surface area contributed by atoms with Gasteiger partial charge >= 0.3 is 5.97 Å². The molecule has 0 bridgehead atoms. The van der Waals surface area contributed by atoms with Crippen LogP contribution in [0.3, 0.4) is 0 Å². The van der Waals surface area contributed by atoms with Crippen LogP contribution < -0.4 is 5.32 Å². The molecule has 0 aromatic heterocycles. The molecule has 0 fully saturated rings. The Bertz CT molecular complexity index is 760. The lowest BCUT2D eigenvalue weighted by molar-refractivity contribution is -0.153. The zero-order chi connectivity index (χ0) is 18.4. The quantitative estimate of drug-likeness (QED) is 0.809. The summed E-state index contributed by atoms with van der Waals surface area (Å²) in [6.07, 6.45) is -1.28. The summed E-state index contributed by atoms with van der Waals surface area (Å²) in [6.45, 7) is 1.27. The number of carbonyl (C=O) groups excluding carboxylic acids is 2. The summed E-state index contributed by atoms with van der Waals surface area (Å²) >= 11 is 0. The number of benzene rings is 2. The smallest absolute Gasteiger partial charge is 0.306 e. The molecule has 0 saturated carbocycles. The highest BCUT2D eigenvalue weighted by molar-refractivity contribution is 5.95. The number of nitrogens with one attached hydrogen (secondary N) is 1. The van der Waals surface area contributed by atoms with Crippen molar-refractivity contribution >= 4 is 17.6 Å². The maximum atomic E-state index is 13.5. The molecule has 2 rings (SSSR count). The maximum Gasteiger partial charge on any atom is 0.306 e. The lowest BCUT2D eigenvalue weighted by Crippen LogP contribution is -2.30. The van der Waals surface area contributed by atoms with E-state index in [1.165, 1.54) is 19.1 Å².